The van der Waals surface area contributed by atoms with Crippen molar-refractivity contribution in [2.75, 3.05) is 0 Å². The molecule has 0 saturated heterocycles. The third-order valence-corrected chi connectivity index (χ3v) is 3.55. The van der Waals surface area contributed by atoms with Crippen molar-refractivity contribution in [3.05, 3.63) is 34.3 Å². The van der Waals surface area contributed by atoms with Gasteiger partial charge < -0.3 is 5.73 Å². The molecular weight excluding hydrogens is 218 g/mol. The minimum absolute atomic E-state index is 0.206. The topological polar surface area (TPSA) is 26.0 Å². The summed E-state index contributed by atoms with van der Waals surface area (Å²) in [5, 5.41) is 0.867. The second-order valence-corrected chi connectivity index (χ2v) is 5.47. The number of hydrogen-bond acceptors (Lipinski definition) is 1. The Morgan fingerprint density at radius 3 is 2.31 bits per heavy atom. The van der Waals surface area contributed by atoms with Crippen LogP contribution in [0.2, 0.25) is 5.02 Å². The molecule has 16 heavy (non-hydrogen) atoms. The average molecular weight is 240 g/mol. The van der Waals surface area contributed by atoms with Gasteiger partial charge in [-0.1, -0.05) is 37.6 Å². The number of nitrogens with two attached hydrogens (primary N) is 1. The standard InChI is InChI=1S/C14H22ClN/c1-9(2)13(11(4)16)8-12-6-5-10(3)7-14(12)15/h5-7,9,11,13H,8,16H2,1-4H3. The number of rotatable bonds is 4. The van der Waals surface area contributed by atoms with Crippen LogP contribution in [-0.2, 0) is 6.42 Å². The molecule has 0 aromatic heterocycles. The average Bonchev–Trinajstić information content (AvgIpc) is 2.15. The van der Waals surface area contributed by atoms with Crippen molar-refractivity contribution in [1.82, 2.24) is 0 Å². The summed E-state index contributed by atoms with van der Waals surface area (Å²) in [6, 6.07) is 6.46. The van der Waals surface area contributed by atoms with Crippen LogP contribution in [0.3, 0.4) is 0 Å². The molecular formula is C14H22ClN. The van der Waals surface area contributed by atoms with Gasteiger partial charge in [0.15, 0.2) is 0 Å². The van der Waals surface area contributed by atoms with E-state index in [-0.39, 0.29) is 6.04 Å². The van der Waals surface area contributed by atoms with Crippen LogP contribution in [0.15, 0.2) is 18.2 Å². The fourth-order valence-electron chi connectivity index (χ4n) is 2.10. The maximum atomic E-state index is 6.24. The SMILES string of the molecule is Cc1ccc(CC(C(C)C)C(C)N)c(Cl)c1. The summed E-state index contributed by atoms with van der Waals surface area (Å²) in [4.78, 5) is 0. The van der Waals surface area contributed by atoms with E-state index in [0.29, 0.717) is 11.8 Å². The van der Waals surface area contributed by atoms with E-state index >= 15 is 0 Å². The van der Waals surface area contributed by atoms with E-state index in [1.54, 1.807) is 0 Å². The van der Waals surface area contributed by atoms with E-state index in [2.05, 4.69) is 39.8 Å². The van der Waals surface area contributed by atoms with Crippen LogP contribution in [0.1, 0.15) is 31.9 Å². The summed E-state index contributed by atoms with van der Waals surface area (Å²) in [6.07, 6.45) is 0.967. The fraction of sp³-hybridized carbons (Fsp3) is 0.571. The molecule has 0 fully saturated rings. The van der Waals surface area contributed by atoms with Crippen molar-refractivity contribution in [3.8, 4) is 0 Å². The van der Waals surface area contributed by atoms with E-state index in [4.69, 9.17) is 17.3 Å². The number of hydrogen-bond donors (Lipinski definition) is 1. The molecule has 90 valence electrons. The highest BCUT2D eigenvalue weighted by Gasteiger charge is 2.19. The Labute approximate surface area is 104 Å². The Kier molecular flexibility index (Phi) is 4.82. The number of halogens is 1. The van der Waals surface area contributed by atoms with Crippen molar-refractivity contribution in [2.45, 2.75) is 40.2 Å². The lowest BCUT2D eigenvalue weighted by molar-refractivity contribution is 0.330. The maximum Gasteiger partial charge on any atom is 0.0440 e. The number of benzene rings is 1. The zero-order chi connectivity index (χ0) is 12.3. The third-order valence-electron chi connectivity index (χ3n) is 3.20. The minimum Gasteiger partial charge on any atom is -0.328 e. The van der Waals surface area contributed by atoms with E-state index in [0.717, 1.165) is 11.4 Å². The summed E-state index contributed by atoms with van der Waals surface area (Å²) in [5.41, 5.74) is 8.44. The van der Waals surface area contributed by atoms with Gasteiger partial charge in [-0.25, -0.2) is 0 Å². The van der Waals surface area contributed by atoms with Crippen LogP contribution in [0.25, 0.3) is 0 Å². The number of aryl methyl sites for hydroxylation is 1. The molecule has 0 aliphatic heterocycles. The van der Waals surface area contributed by atoms with E-state index in [9.17, 15) is 0 Å². The summed E-state index contributed by atoms with van der Waals surface area (Å²) < 4.78 is 0. The normalized spacial score (nSPS) is 15.2. The Hall–Kier alpha value is -0.530. The molecule has 1 nitrogen and oxygen atoms in total. The molecule has 2 atom stereocenters. The van der Waals surface area contributed by atoms with Gasteiger partial charge in [0, 0.05) is 11.1 Å². The van der Waals surface area contributed by atoms with E-state index < -0.39 is 0 Å². The third kappa shape index (κ3) is 3.50. The molecule has 0 bridgehead atoms. The lowest BCUT2D eigenvalue weighted by Gasteiger charge is -2.25. The Morgan fingerprint density at radius 2 is 1.88 bits per heavy atom. The monoisotopic (exact) mass is 239 g/mol. The van der Waals surface area contributed by atoms with Gasteiger partial charge in [0.05, 0.1) is 0 Å². The lowest BCUT2D eigenvalue weighted by atomic mass is 9.84. The molecule has 2 unspecified atom stereocenters. The van der Waals surface area contributed by atoms with Gasteiger partial charge in [-0.15, -0.1) is 0 Å². The first-order chi connectivity index (χ1) is 7.41. The predicted octanol–water partition coefficient (Wildman–Crippen LogP) is 3.81. The smallest absolute Gasteiger partial charge is 0.0440 e. The molecule has 0 amide bonds. The van der Waals surface area contributed by atoms with Gasteiger partial charge in [0.1, 0.15) is 0 Å². The van der Waals surface area contributed by atoms with Gasteiger partial charge in [0.25, 0.3) is 0 Å². The van der Waals surface area contributed by atoms with Crippen LogP contribution >= 0.6 is 11.6 Å². The zero-order valence-corrected chi connectivity index (χ0v) is 11.4. The van der Waals surface area contributed by atoms with Gasteiger partial charge in [-0.2, -0.15) is 0 Å². The molecule has 0 spiro atoms. The van der Waals surface area contributed by atoms with Crippen LogP contribution in [0.4, 0.5) is 0 Å². The Bertz CT molecular complexity index is 337. The van der Waals surface area contributed by atoms with Crippen molar-refractivity contribution in [3.63, 3.8) is 0 Å². The first-order valence-corrected chi connectivity index (χ1v) is 6.30. The first-order valence-electron chi connectivity index (χ1n) is 5.92. The Balaban J connectivity index is 2.85. The van der Waals surface area contributed by atoms with E-state index in [1.165, 1.54) is 11.1 Å². The molecule has 0 heterocycles. The van der Waals surface area contributed by atoms with Crippen molar-refractivity contribution in [2.24, 2.45) is 17.6 Å². The molecule has 0 radical (unpaired) electrons. The molecule has 2 heteroatoms. The molecule has 2 N–H and O–H groups in total. The van der Waals surface area contributed by atoms with Crippen LogP contribution in [-0.4, -0.2) is 6.04 Å². The van der Waals surface area contributed by atoms with Crippen molar-refractivity contribution < 1.29 is 0 Å². The molecule has 1 rings (SSSR count). The summed E-state index contributed by atoms with van der Waals surface area (Å²) in [5.74, 6) is 1.07. The van der Waals surface area contributed by atoms with Gasteiger partial charge in [0.2, 0.25) is 0 Å². The summed E-state index contributed by atoms with van der Waals surface area (Å²) in [6.45, 7) is 8.57. The first kappa shape index (κ1) is 13.5. The molecule has 0 saturated carbocycles. The van der Waals surface area contributed by atoms with Crippen LogP contribution < -0.4 is 5.73 Å². The van der Waals surface area contributed by atoms with Crippen LogP contribution in [0.5, 0.6) is 0 Å². The zero-order valence-electron chi connectivity index (χ0n) is 10.6. The molecule has 0 aliphatic carbocycles. The van der Waals surface area contributed by atoms with Gasteiger partial charge >= 0.3 is 0 Å². The summed E-state index contributed by atoms with van der Waals surface area (Å²) >= 11 is 6.24. The summed E-state index contributed by atoms with van der Waals surface area (Å²) in [7, 11) is 0. The quantitative estimate of drug-likeness (QED) is 0.850. The van der Waals surface area contributed by atoms with Crippen molar-refractivity contribution in [1.29, 1.82) is 0 Å². The largest absolute Gasteiger partial charge is 0.328 e. The van der Waals surface area contributed by atoms with E-state index in [1.807, 2.05) is 6.07 Å². The highest BCUT2D eigenvalue weighted by molar-refractivity contribution is 6.31. The second kappa shape index (κ2) is 5.70. The highest BCUT2D eigenvalue weighted by atomic mass is 35.5. The Morgan fingerprint density at radius 1 is 1.25 bits per heavy atom. The molecule has 0 aliphatic rings. The second-order valence-electron chi connectivity index (χ2n) is 5.07. The molecule has 1 aromatic carbocycles. The van der Waals surface area contributed by atoms with Gasteiger partial charge in [-0.05, 0) is 49.3 Å². The van der Waals surface area contributed by atoms with Gasteiger partial charge in [-0.3, -0.25) is 0 Å². The highest BCUT2D eigenvalue weighted by Crippen LogP contribution is 2.25. The minimum atomic E-state index is 0.206. The van der Waals surface area contributed by atoms with Crippen LogP contribution in [0, 0.1) is 18.8 Å². The van der Waals surface area contributed by atoms with Crippen molar-refractivity contribution >= 4 is 11.6 Å². The fourth-order valence-corrected chi connectivity index (χ4v) is 2.41. The molecule has 1 aromatic rings. The predicted molar refractivity (Wildman–Crippen MR) is 71.9 cm³/mol. The lowest BCUT2D eigenvalue weighted by Crippen LogP contribution is -2.32. The maximum absolute atomic E-state index is 6.24.